The summed E-state index contributed by atoms with van der Waals surface area (Å²) in [5, 5.41) is 12.4. The summed E-state index contributed by atoms with van der Waals surface area (Å²) in [5.41, 5.74) is -0.102. The van der Waals surface area contributed by atoms with Crippen LogP contribution < -0.4 is 5.32 Å². The molecule has 5 heteroatoms. The summed E-state index contributed by atoms with van der Waals surface area (Å²) in [7, 11) is 0. The van der Waals surface area contributed by atoms with E-state index in [9.17, 15) is 18.3 Å². The van der Waals surface area contributed by atoms with Crippen LogP contribution in [0, 0.1) is 17.5 Å². The Labute approximate surface area is 97.5 Å². The van der Waals surface area contributed by atoms with E-state index >= 15 is 0 Å². The van der Waals surface area contributed by atoms with E-state index in [2.05, 4.69) is 5.32 Å². The molecule has 0 amide bonds. The van der Waals surface area contributed by atoms with Gasteiger partial charge in [-0.2, -0.15) is 0 Å². The van der Waals surface area contributed by atoms with Crippen molar-refractivity contribution in [1.29, 1.82) is 0 Å². The first-order valence-corrected chi connectivity index (χ1v) is 5.67. The molecule has 1 aliphatic carbocycles. The standard InChI is InChI=1S/C12H14F3NO/c13-7-5-6-9(12(15)11(7)14)16-8-3-1-2-4-10(8)17/h5-6,8,10,16-17H,1-4H2/t8-,10-/m1/s1. The van der Waals surface area contributed by atoms with E-state index < -0.39 is 23.6 Å². The van der Waals surface area contributed by atoms with Gasteiger partial charge in [0.2, 0.25) is 0 Å². The molecular formula is C12H14F3NO. The molecule has 0 radical (unpaired) electrons. The lowest BCUT2D eigenvalue weighted by atomic mass is 9.92. The molecular weight excluding hydrogens is 231 g/mol. The van der Waals surface area contributed by atoms with Crippen LogP contribution >= 0.6 is 0 Å². The second-order valence-electron chi connectivity index (χ2n) is 4.33. The van der Waals surface area contributed by atoms with Crippen molar-refractivity contribution in [3.63, 3.8) is 0 Å². The number of hydrogen-bond donors (Lipinski definition) is 2. The highest BCUT2D eigenvalue weighted by atomic mass is 19.2. The molecule has 0 heterocycles. The van der Waals surface area contributed by atoms with Crippen LogP contribution in [0.15, 0.2) is 12.1 Å². The summed E-state index contributed by atoms with van der Waals surface area (Å²) >= 11 is 0. The number of benzene rings is 1. The zero-order valence-corrected chi connectivity index (χ0v) is 9.22. The highest BCUT2D eigenvalue weighted by molar-refractivity contribution is 5.46. The fraction of sp³-hybridized carbons (Fsp3) is 0.500. The van der Waals surface area contributed by atoms with Gasteiger partial charge in [0.25, 0.3) is 0 Å². The molecule has 0 saturated heterocycles. The molecule has 1 aliphatic rings. The monoisotopic (exact) mass is 245 g/mol. The third kappa shape index (κ3) is 2.54. The summed E-state index contributed by atoms with van der Waals surface area (Å²) in [4.78, 5) is 0. The molecule has 2 N–H and O–H groups in total. The number of aliphatic hydroxyl groups excluding tert-OH is 1. The topological polar surface area (TPSA) is 32.3 Å². The highest BCUT2D eigenvalue weighted by Crippen LogP contribution is 2.25. The summed E-state index contributed by atoms with van der Waals surface area (Å²) in [6.45, 7) is 0. The Bertz CT molecular complexity index is 411. The van der Waals surface area contributed by atoms with Crippen LogP contribution in [0.1, 0.15) is 25.7 Å². The van der Waals surface area contributed by atoms with Crippen LogP contribution in [-0.4, -0.2) is 17.3 Å². The predicted octanol–water partition coefficient (Wildman–Crippen LogP) is 2.82. The second-order valence-corrected chi connectivity index (χ2v) is 4.33. The van der Waals surface area contributed by atoms with Crippen LogP contribution in [0.3, 0.4) is 0 Å². The Balaban J connectivity index is 2.15. The van der Waals surface area contributed by atoms with E-state index in [1.807, 2.05) is 0 Å². The average molecular weight is 245 g/mol. The molecule has 2 rings (SSSR count). The van der Waals surface area contributed by atoms with Gasteiger partial charge in [0.1, 0.15) is 0 Å². The highest BCUT2D eigenvalue weighted by Gasteiger charge is 2.24. The number of aliphatic hydroxyl groups is 1. The minimum Gasteiger partial charge on any atom is -0.391 e. The first-order chi connectivity index (χ1) is 8.09. The molecule has 1 fully saturated rings. The zero-order valence-electron chi connectivity index (χ0n) is 9.22. The Kier molecular flexibility index (Phi) is 3.57. The van der Waals surface area contributed by atoms with E-state index in [4.69, 9.17) is 0 Å². The van der Waals surface area contributed by atoms with E-state index in [1.54, 1.807) is 0 Å². The molecule has 17 heavy (non-hydrogen) atoms. The van der Waals surface area contributed by atoms with Gasteiger partial charge >= 0.3 is 0 Å². The molecule has 1 saturated carbocycles. The van der Waals surface area contributed by atoms with Gasteiger partial charge in [-0.25, -0.2) is 13.2 Å². The van der Waals surface area contributed by atoms with Gasteiger partial charge in [0.15, 0.2) is 17.5 Å². The predicted molar refractivity (Wildman–Crippen MR) is 58.2 cm³/mol. The van der Waals surface area contributed by atoms with Crippen molar-refractivity contribution in [3.8, 4) is 0 Å². The molecule has 94 valence electrons. The van der Waals surface area contributed by atoms with E-state index in [0.717, 1.165) is 25.0 Å². The third-order valence-corrected chi connectivity index (χ3v) is 3.11. The Hall–Kier alpha value is -1.23. The van der Waals surface area contributed by atoms with Crippen LogP contribution in [0.4, 0.5) is 18.9 Å². The van der Waals surface area contributed by atoms with Gasteiger partial charge < -0.3 is 10.4 Å². The summed E-state index contributed by atoms with van der Waals surface area (Å²) in [5.74, 6) is -3.93. The largest absolute Gasteiger partial charge is 0.391 e. The minimum absolute atomic E-state index is 0.102. The van der Waals surface area contributed by atoms with Gasteiger partial charge in [-0.05, 0) is 25.0 Å². The van der Waals surface area contributed by atoms with Crippen molar-refractivity contribution < 1.29 is 18.3 Å². The van der Waals surface area contributed by atoms with Gasteiger partial charge in [-0.15, -0.1) is 0 Å². The Morgan fingerprint density at radius 1 is 1.06 bits per heavy atom. The van der Waals surface area contributed by atoms with Crippen molar-refractivity contribution in [3.05, 3.63) is 29.6 Å². The van der Waals surface area contributed by atoms with Crippen LogP contribution in [0.2, 0.25) is 0 Å². The summed E-state index contributed by atoms with van der Waals surface area (Å²) in [6.07, 6.45) is 2.62. The quantitative estimate of drug-likeness (QED) is 0.785. The maximum absolute atomic E-state index is 13.4. The van der Waals surface area contributed by atoms with Crippen molar-refractivity contribution in [2.45, 2.75) is 37.8 Å². The fourth-order valence-electron chi connectivity index (χ4n) is 2.12. The summed E-state index contributed by atoms with van der Waals surface area (Å²) < 4.78 is 39.1. The average Bonchev–Trinajstić information content (AvgIpc) is 2.32. The van der Waals surface area contributed by atoms with Gasteiger partial charge in [-0.1, -0.05) is 12.8 Å². The van der Waals surface area contributed by atoms with Crippen molar-refractivity contribution in [1.82, 2.24) is 0 Å². The SMILES string of the molecule is O[C@@H]1CCCC[C@H]1Nc1ccc(F)c(F)c1F. The third-order valence-electron chi connectivity index (χ3n) is 3.11. The van der Waals surface area contributed by atoms with Crippen LogP contribution in [0.5, 0.6) is 0 Å². The first kappa shape index (κ1) is 12.2. The van der Waals surface area contributed by atoms with Crippen LogP contribution in [-0.2, 0) is 0 Å². The van der Waals surface area contributed by atoms with Crippen molar-refractivity contribution >= 4 is 5.69 Å². The number of hydrogen-bond acceptors (Lipinski definition) is 2. The van der Waals surface area contributed by atoms with E-state index in [0.29, 0.717) is 12.8 Å². The molecule has 0 aromatic heterocycles. The Morgan fingerprint density at radius 3 is 2.47 bits per heavy atom. The lowest BCUT2D eigenvalue weighted by Gasteiger charge is -2.29. The molecule has 2 atom stereocenters. The van der Waals surface area contributed by atoms with Gasteiger partial charge in [0, 0.05) is 0 Å². The first-order valence-electron chi connectivity index (χ1n) is 5.67. The van der Waals surface area contributed by atoms with E-state index in [-0.39, 0.29) is 11.7 Å². The smallest absolute Gasteiger partial charge is 0.196 e. The molecule has 0 spiro atoms. The summed E-state index contributed by atoms with van der Waals surface area (Å²) in [6, 6.07) is 1.72. The molecule has 0 bridgehead atoms. The van der Waals surface area contributed by atoms with Gasteiger partial charge in [0.05, 0.1) is 17.8 Å². The van der Waals surface area contributed by atoms with Crippen molar-refractivity contribution in [2.24, 2.45) is 0 Å². The second kappa shape index (κ2) is 4.96. The normalized spacial score (nSPS) is 24.7. The number of rotatable bonds is 2. The minimum atomic E-state index is -1.49. The lowest BCUT2D eigenvalue weighted by Crippen LogP contribution is -2.36. The molecule has 2 nitrogen and oxygen atoms in total. The maximum atomic E-state index is 13.4. The number of anilines is 1. The molecule has 1 aromatic rings. The van der Waals surface area contributed by atoms with Crippen LogP contribution in [0.25, 0.3) is 0 Å². The number of halogens is 3. The molecule has 0 unspecified atom stereocenters. The van der Waals surface area contributed by atoms with Gasteiger partial charge in [-0.3, -0.25) is 0 Å². The maximum Gasteiger partial charge on any atom is 0.196 e. The van der Waals surface area contributed by atoms with E-state index in [1.165, 1.54) is 0 Å². The molecule has 0 aliphatic heterocycles. The fourth-order valence-corrected chi connectivity index (χ4v) is 2.12. The lowest BCUT2D eigenvalue weighted by molar-refractivity contribution is 0.116. The molecule has 1 aromatic carbocycles. The number of nitrogens with one attached hydrogen (secondary N) is 1. The van der Waals surface area contributed by atoms with Crippen molar-refractivity contribution in [2.75, 3.05) is 5.32 Å². The Morgan fingerprint density at radius 2 is 1.76 bits per heavy atom. The zero-order chi connectivity index (χ0) is 12.4.